The zero-order valence-electron chi connectivity index (χ0n) is 11.4. The smallest absolute Gasteiger partial charge is 0.180 e. The Kier molecular flexibility index (Phi) is 4.17. The number of allylic oxidation sites excluding steroid dienone is 2. The molecule has 0 aliphatic heterocycles. The average molecular weight is 271 g/mol. The molecule has 2 aromatic rings. The highest BCUT2D eigenvalue weighted by Crippen LogP contribution is 2.31. The quantitative estimate of drug-likeness (QED) is 0.787. The molecule has 1 aromatic carbocycles. The van der Waals surface area contributed by atoms with Crippen LogP contribution >= 0.6 is 11.3 Å². The minimum Gasteiger partial charge on any atom is -0.383 e. The van der Waals surface area contributed by atoms with E-state index in [1.807, 2.05) is 37.2 Å². The van der Waals surface area contributed by atoms with Gasteiger partial charge in [0.2, 0.25) is 0 Å². The monoisotopic (exact) mass is 271 g/mol. The molecule has 0 saturated carbocycles. The lowest BCUT2D eigenvalue weighted by Crippen LogP contribution is -2.01. The number of hydrogen-bond acceptors (Lipinski definition) is 3. The lowest BCUT2D eigenvalue weighted by molar-refractivity contribution is -0.110. The summed E-state index contributed by atoms with van der Waals surface area (Å²) < 4.78 is 1.26. The molecule has 19 heavy (non-hydrogen) atoms. The summed E-state index contributed by atoms with van der Waals surface area (Å²) in [7, 11) is 3.78. The van der Waals surface area contributed by atoms with Gasteiger partial charge in [-0.05, 0) is 36.1 Å². The maximum Gasteiger partial charge on any atom is 0.180 e. The molecule has 0 atom stereocenters. The number of aryl methyl sites for hydroxylation is 1. The largest absolute Gasteiger partial charge is 0.383 e. The van der Waals surface area contributed by atoms with E-state index < -0.39 is 0 Å². The molecule has 1 aromatic heterocycles. The maximum atomic E-state index is 11.7. The van der Waals surface area contributed by atoms with Crippen LogP contribution in [-0.2, 0) is 4.79 Å². The van der Waals surface area contributed by atoms with Gasteiger partial charge < -0.3 is 4.90 Å². The van der Waals surface area contributed by atoms with Gasteiger partial charge in [0.25, 0.3) is 0 Å². The molecule has 0 unspecified atom stereocenters. The fourth-order valence-corrected chi connectivity index (χ4v) is 2.90. The Balaban J connectivity index is 2.22. The summed E-state index contributed by atoms with van der Waals surface area (Å²) in [5, 5.41) is 1.27. The van der Waals surface area contributed by atoms with E-state index in [1.54, 1.807) is 29.7 Å². The molecule has 0 fully saturated rings. The molecular formula is C16H17NOS. The Morgan fingerprint density at radius 1 is 1.21 bits per heavy atom. The van der Waals surface area contributed by atoms with Crippen molar-refractivity contribution in [3.05, 3.63) is 53.1 Å². The van der Waals surface area contributed by atoms with E-state index in [1.165, 1.54) is 15.6 Å². The van der Waals surface area contributed by atoms with E-state index >= 15 is 0 Å². The van der Waals surface area contributed by atoms with Crippen LogP contribution < -0.4 is 0 Å². The topological polar surface area (TPSA) is 20.3 Å². The average Bonchev–Trinajstić information content (AvgIpc) is 2.71. The Labute approximate surface area is 117 Å². The molecule has 0 spiro atoms. The van der Waals surface area contributed by atoms with Crippen molar-refractivity contribution in [2.24, 2.45) is 0 Å². The molecule has 2 rings (SSSR count). The second kappa shape index (κ2) is 5.85. The van der Waals surface area contributed by atoms with E-state index in [9.17, 15) is 4.79 Å². The van der Waals surface area contributed by atoms with Crippen molar-refractivity contribution in [2.45, 2.75) is 6.92 Å². The fraction of sp³-hybridized carbons (Fsp3) is 0.188. The van der Waals surface area contributed by atoms with Crippen LogP contribution in [0.3, 0.4) is 0 Å². The van der Waals surface area contributed by atoms with Gasteiger partial charge in [-0.25, -0.2) is 0 Å². The summed E-state index contributed by atoms with van der Waals surface area (Å²) in [6, 6.07) is 8.31. The van der Waals surface area contributed by atoms with E-state index in [2.05, 4.69) is 19.1 Å². The molecule has 98 valence electrons. The van der Waals surface area contributed by atoms with Gasteiger partial charge in [0.15, 0.2) is 5.78 Å². The van der Waals surface area contributed by atoms with Gasteiger partial charge in [-0.15, -0.1) is 11.3 Å². The Bertz CT molecular complexity index is 650. The van der Waals surface area contributed by atoms with Gasteiger partial charge >= 0.3 is 0 Å². The molecule has 0 radical (unpaired) electrons. The van der Waals surface area contributed by atoms with Crippen LogP contribution in [0.4, 0.5) is 0 Å². The first-order valence-electron chi connectivity index (χ1n) is 6.13. The highest BCUT2D eigenvalue weighted by molar-refractivity contribution is 7.20. The number of thiophene rings is 1. The summed E-state index contributed by atoms with van der Waals surface area (Å²) in [6.45, 7) is 2.10. The van der Waals surface area contributed by atoms with Crippen molar-refractivity contribution in [1.82, 2.24) is 4.90 Å². The molecule has 0 aliphatic rings. The predicted octanol–water partition coefficient (Wildman–Crippen LogP) is 3.87. The lowest BCUT2D eigenvalue weighted by Gasteiger charge is -2.01. The number of ketones is 1. The van der Waals surface area contributed by atoms with Crippen LogP contribution in [0.25, 0.3) is 16.2 Å². The number of benzene rings is 1. The first kappa shape index (κ1) is 13.6. The van der Waals surface area contributed by atoms with Crippen LogP contribution in [0.2, 0.25) is 0 Å². The van der Waals surface area contributed by atoms with Crippen molar-refractivity contribution >= 4 is 33.3 Å². The number of rotatable bonds is 4. The normalized spacial score (nSPS) is 11.7. The third-order valence-corrected chi connectivity index (χ3v) is 4.05. The number of carbonyl (C=O) groups is 1. The van der Waals surface area contributed by atoms with E-state index in [0.717, 1.165) is 4.88 Å². The highest BCUT2D eigenvalue weighted by Gasteiger charge is 2.04. The Morgan fingerprint density at radius 2 is 1.95 bits per heavy atom. The second-order valence-electron chi connectivity index (χ2n) is 4.60. The van der Waals surface area contributed by atoms with Crippen molar-refractivity contribution in [3.8, 4) is 0 Å². The Hall–Kier alpha value is -1.87. The van der Waals surface area contributed by atoms with Gasteiger partial charge in [0.1, 0.15) is 0 Å². The van der Waals surface area contributed by atoms with Gasteiger partial charge in [-0.3, -0.25) is 4.79 Å². The summed E-state index contributed by atoms with van der Waals surface area (Å²) >= 11 is 1.72. The molecule has 0 aliphatic carbocycles. The van der Waals surface area contributed by atoms with Crippen molar-refractivity contribution in [3.63, 3.8) is 0 Å². The SMILES string of the molecule is Cc1c(/C=C/C(=O)/C=C/N(C)C)sc2ccccc12. The van der Waals surface area contributed by atoms with E-state index in [4.69, 9.17) is 0 Å². The van der Waals surface area contributed by atoms with Crippen molar-refractivity contribution in [1.29, 1.82) is 0 Å². The molecule has 1 heterocycles. The van der Waals surface area contributed by atoms with Gasteiger partial charge in [-0.2, -0.15) is 0 Å². The van der Waals surface area contributed by atoms with Gasteiger partial charge in [0.05, 0.1) is 0 Å². The minimum atomic E-state index is 0.00514. The van der Waals surface area contributed by atoms with Crippen LogP contribution in [0.1, 0.15) is 10.4 Å². The second-order valence-corrected chi connectivity index (χ2v) is 5.69. The molecule has 0 saturated heterocycles. The highest BCUT2D eigenvalue weighted by atomic mass is 32.1. The fourth-order valence-electron chi connectivity index (χ4n) is 1.79. The van der Waals surface area contributed by atoms with Crippen molar-refractivity contribution in [2.75, 3.05) is 14.1 Å². The van der Waals surface area contributed by atoms with E-state index in [0.29, 0.717) is 0 Å². The first-order chi connectivity index (χ1) is 9.08. The van der Waals surface area contributed by atoms with Crippen LogP contribution in [0.5, 0.6) is 0 Å². The summed E-state index contributed by atoms with van der Waals surface area (Å²) in [4.78, 5) is 14.6. The lowest BCUT2D eigenvalue weighted by atomic mass is 10.1. The Morgan fingerprint density at radius 3 is 2.63 bits per heavy atom. The summed E-state index contributed by atoms with van der Waals surface area (Å²) in [6.07, 6.45) is 6.85. The van der Waals surface area contributed by atoms with Crippen LogP contribution in [-0.4, -0.2) is 24.8 Å². The third kappa shape index (κ3) is 3.32. The van der Waals surface area contributed by atoms with Crippen LogP contribution in [0.15, 0.2) is 42.6 Å². The number of hydrogen-bond donors (Lipinski definition) is 0. The standard InChI is InChI=1S/C16H17NOS/c1-12-14-6-4-5-7-16(14)19-15(12)9-8-13(18)10-11-17(2)3/h4-11H,1-3H3/b9-8+,11-10+. The predicted molar refractivity (Wildman–Crippen MR) is 83.4 cm³/mol. The molecule has 0 amide bonds. The zero-order chi connectivity index (χ0) is 13.8. The number of carbonyl (C=O) groups excluding carboxylic acids is 1. The number of fused-ring (bicyclic) bond motifs is 1. The molecule has 0 bridgehead atoms. The molecule has 3 heteroatoms. The van der Waals surface area contributed by atoms with Gasteiger partial charge in [0, 0.05) is 35.9 Å². The summed E-state index contributed by atoms with van der Waals surface area (Å²) in [5.74, 6) is 0.00514. The minimum absolute atomic E-state index is 0.00514. The van der Waals surface area contributed by atoms with E-state index in [-0.39, 0.29) is 5.78 Å². The zero-order valence-corrected chi connectivity index (χ0v) is 12.2. The van der Waals surface area contributed by atoms with Crippen molar-refractivity contribution < 1.29 is 4.79 Å². The molecular weight excluding hydrogens is 254 g/mol. The van der Waals surface area contributed by atoms with Crippen LogP contribution in [0, 0.1) is 6.92 Å². The third-order valence-electron chi connectivity index (χ3n) is 2.82. The molecule has 0 N–H and O–H groups in total. The first-order valence-corrected chi connectivity index (χ1v) is 6.94. The maximum absolute atomic E-state index is 11.7. The van der Waals surface area contributed by atoms with Gasteiger partial charge in [-0.1, -0.05) is 18.2 Å². The summed E-state index contributed by atoms with van der Waals surface area (Å²) in [5.41, 5.74) is 1.24. The molecule has 2 nitrogen and oxygen atoms in total. The number of nitrogens with zero attached hydrogens (tertiary/aromatic N) is 1.